The first-order valence-corrected chi connectivity index (χ1v) is 9.50. The molecule has 0 unspecified atom stereocenters. The standard InChI is InChI=1S/C21H19F3N4O2/c22-21(23,24)17-12-16(6-7-19(17)28(29)30)26-11-9-20-18(13-26)25-14-27(20)10-8-15-4-2-1-3-5-15/h1-7,12,14H,8-11,13H2. The quantitative estimate of drug-likeness (QED) is 0.450. The summed E-state index contributed by atoms with van der Waals surface area (Å²) in [5.41, 5.74) is 1.26. The summed E-state index contributed by atoms with van der Waals surface area (Å²) < 4.78 is 41.9. The Morgan fingerprint density at radius 1 is 1.13 bits per heavy atom. The van der Waals surface area contributed by atoms with Crippen molar-refractivity contribution in [2.45, 2.75) is 32.1 Å². The second-order valence-corrected chi connectivity index (χ2v) is 7.19. The van der Waals surface area contributed by atoms with Crippen LogP contribution in [0.1, 0.15) is 22.5 Å². The molecular formula is C21H19F3N4O2. The first-order valence-electron chi connectivity index (χ1n) is 9.50. The third-order valence-electron chi connectivity index (χ3n) is 5.32. The van der Waals surface area contributed by atoms with Crippen molar-refractivity contribution in [2.24, 2.45) is 0 Å². The lowest BCUT2D eigenvalue weighted by atomic mass is 10.1. The molecule has 6 nitrogen and oxygen atoms in total. The molecule has 0 aliphatic carbocycles. The van der Waals surface area contributed by atoms with Crippen LogP contribution in [-0.4, -0.2) is 21.0 Å². The van der Waals surface area contributed by atoms with Gasteiger partial charge in [0.25, 0.3) is 5.69 Å². The van der Waals surface area contributed by atoms with Gasteiger partial charge in [-0.3, -0.25) is 10.1 Å². The van der Waals surface area contributed by atoms with E-state index in [2.05, 4.69) is 21.7 Å². The van der Waals surface area contributed by atoms with Crippen LogP contribution >= 0.6 is 0 Å². The fourth-order valence-electron chi connectivity index (χ4n) is 3.78. The van der Waals surface area contributed by atoms with Crippen molar-refractivity contribution < 1.29 is 18.1 Å². The molecule has 3 aromatic rings. The summed E-state index contributed by atoms with van der Waals surface area (Å²) >= 11 is 0. The highest BCUT2D eigenvalue weighted by atomic mass is 19.4. The molecule has 156 valence electrons. The van der Waals surface area contributed by atoms with Crippen LogP contribution in [0.4, 0.5) is 24.5 Å². The van der Waals surface area contributed by atoms with Crippen LogP contribution in [0.25, 0.3) is 0 Å². The summed E-state index contributed by atoms with van der Waals surface area (Å²) in [6.45, 7) is 1.66. The summed E-state index contributed by atoms with van der Waals surface area (Å²) in [5.74, 6) is 0. The van der Waals surface area contributed by atoms with Crippen LogP contribution in [0.5, 0.6) is 0 Å². The molecule has 0 amide bonds. The summed E-state index contributed by atoms with van der Waals surface area (Å²) in [6, 6.07) is 13.2. The predicted octanol–water partition coefficient (Wildman–Crippen LogP) is 4.62. The molecule has 0 atom stereocenters. The SMILES string of the molecule is O=[N+]([O-])c1ccc(N2CCc3c(ncn3CCc3ccccc3)C2)cc1C(F)(F)F. The van der Waals surface area contributed by atoms with Crippen molar-refractivity contribution >= 4 is 11.4 Å². The number of imidazole rings is 1. The molecule has 4 rings (SSSR count). The zero-order valence-corrected chi connectivity index (χ0v) is 16.0. The number of aryl methyl sites for hydroxylation is 2. The van der Waals surface area contributed by atoms with E-state index in [-0.39, 0.29) is 0 Å². The maximum Gasteiger partial charge on any atom is 0.423 e. The zero-order valence-electron chi connectivity index (χ0n) is 16.0. The third-order valence-corrected chi connectivity index (χ3v) is 5.32. The minimum absolute atomic E-state index is 0.303. The van der Waals surface area contributed by atoms with E-state index in [0.717, 1.165) is 36.5 Å². The van der Waals surface area contributed by atoms with Crippen LogP contribution in [0.3, 0.4) is 0 Å². The second-order valence-electron chi connectivity index (χ2n) is 7.19. The topological polar surface area (TPSA) is 64.2 Å². The van der Waals surface area contributed by atoms with Gasteiger partial charge in [0, 0.05) is 37.0 Å². The van der Waals surface area contributed by atoms with Crippen molar-refractivity contribution in [3.05, 3.63) is 87.5 Å². The van der Waals surface area contributed by atoms with Crippen molar-refractivity contribution in [3.63, 3.8) is 0 Å². The number of anilines is 1. The second kappa shape index (κ2) is 7.81. The molecule has 2 aromatic carbocycles. The number of alkyl halides is 3. The Morgan fingerprint density at radius 2 is 1.90 bits per heavy atom. The van der Waals surface area contributed by atoms with Crippen LogP contribution in [0.15, 0.2) is 54.9 Å². The maximum absolute atomic E-state index is 13.3. The molecule has 9 heteroatoms. The number of fused-ring (bicyclic) bond motifs is 1. The molecule has 0 fully saturated rings. The van der Waals surface area contributed by atoms with Crippen LogP contribution in [-0.2, 0) is 32.1 Å². The molecule has 0 saturated heterocycles. The van der Waals surface area contributed by atoms with Gasteiger partial charge in [0.05, 0.1) is 23.5 Å². The summed E-state index contributed by atoms with van der Waals surface area (Å²) in [7, 11) is 0. The Kier molecular flexibility index (Phi) is 5.19. The van der Waals surface area contributed by atoms with Gasteiger partial charge in [-0.15, -0.1) is 0 Å². The summed E-state index contributed by atoms with van der Waals surface area (Å²) in [5, 5.41) is 11.0. The molecule has 30 heavy (non-hydrogen) atoms. The highest BCUT2D eigenvalue weighted by Crippen LogP contribution is 2.39. The lowest BCUT2D eigenvalue weighted by molar-refractivity contribution is -0.388. The summed E-state index contributed by atoms with van der Waals surface area (Å²) in [6.07, 6.45) is -1.51. The molecular weight excluding hydrogens is 397 g/mol. The van der Waals surface area contributed by atoms with Crippen molar-refractivity contribution in [2.75, 3.05) is 11.4 Å². The zero-order chi connectivity index (χ0) is 21.3. The maximum atomic E-state index is 13.3. The van der Waals surface area contributed by atoms with Gasteiger partial charge in [-0.25, -0.2) is 4.98 Å². The third kappa shape index (κ3) is 4.00. The highest BCUT2D eigenvalue weighted by molar-refractivity contribution is 5.57. The number of benzene rings is 2. The van der Waals surface area contributed by atoms with Gasteiger partial charge in [0.15, 0.2) is 0 Å². The van der Waals surface area contributed by atoms with Gasteiger partial charge in [-0.2, -0.15) is 13.2 Å². The smallest absolute Gasteiger partial charge is 0.365 e. The number of nitro benzene ring substituents is 1. The predicted molar refractivity (Wildman–Crippen MR) is 105 cm³/mol. The van der Waals surface area contributed by atoms with E-state index >= 15 is 0 Å². The molecule has 1 aliphatic heterocycles. The van der Waals surface area contributed by atoms with E-state index in [1.165, 1.54) is 11.6 Å². The monoisotopic (exact) mass is 416 g/mol. The summed E-state index contributed by atoms with van der Waals surface area (Å²) in [4.78, 5) is 16.2. The van der Waals surface area contributed by atoms with Gasteiger partial charge in [0.2, 0.25) is 0 Å². The van der Waals surface area contributed by atoms with Crippen LogP contribution in [0.2, 0.25) is 0 Å². The first kappa shape index (κ1) is 19.9. The Bertz CT molecular complexity index is 1060. The first-order chi connectivity index (χ1) is 14.3. The number of nitrogens with zero attached hydrogens (tertiary/aromatic N) is 4. The average Bonchev–Trinajstić information content (AvgIpc) is 3.14. The normalized spacial score (nSPS) is 13.9. The van der Waals surface area contributed by atoms with Crippen molar-refractivity contribution in [1.29, 1.82) is 0 Å². The Hall–Kier alpha value is -3.36. The molecule has 0 radical (unpaired) electrons. The van der Waals surface area contributed by atoms with Gasteiger partial charge in [-0.1, -0.05) is 30.3 Å². The molecule has 1 aromatic heterocycles. The average molecular weight is 416 g/mol. The van der Waals surface area contributed by atoms with E-state index in [1.807, 2.05) is 18.2 Å². The Morgan fingerprint density at radius 3 is 2.60 bits per heavy atom. The number of nitro groups is 1. The van der Waals surface area contributed by atoms with Crippen molar-refractivity contribution in [1.82, 2.24) is 9.55 Å². The van der Waals surface area contributed by atoms with E-state index in [0.29, 0.717) is 25.2 Å². The van der Waals surface area contributed by atoms with Crippen LogP contribution in [0, 0.1) is 10.1 Å². The number of aromatic nitrogens is 2. The van der Waals surface area contributed by atoms with Gasteiger partial charge in [0.1, 0.15) is 5.56 Å². The number of rotatable bonds is 5. The van der Waals surface area contributed by atoms with E-state index < -0.39 is 22.4 Å². The minimum Gasteiger partial charge on any atom is -0.365 e. The molecule has 0 spiro atoms. The van der Waals surface area contributed by atoms with Gasteiger partial charge in [-0.05, 0) is 24.1 Å². The van der Waals surface area contributed by atoms with E-state index in [9.17, 15) is 23.3 Å². The largest absolute Gasteiger partial charge is 0.423 e. The number of hydrogen-bond acceptors (Lipinski definition) is 4. The highest BCUT2D eigenvalue weighted by Gasteiger charge is 2.39. The van der Waals surface area contributed by atoms with E-state index in [4.69, 9.17) is 0 Å². The van der Waals surface area contributed by atoms with E-state index in [1.54, 1.807) is 11.2 Å². The lowest BCUT2D eigenvalue weighted by Crippen LogP contribution is -2.31. The Labute approximate surface area is 170 Å². The van der Waals surface area contributed by atoms with Crippen molar-refractivity contribution in [3.8, 4) is 0 Å². The molecule has 0 N–H and O–H groups in total. The fraction of sp³-hybridized carbons (Fsp3) is 0.286. The molecule has 2 heterocycles. The number of hydrogen-bond donors (Lipinski definition) is 0. The molecule has 1 aliphatic rings. The molecule has 0 saturated carbocycles. The fourth-order valence-corrected chi connectivity index (χ4v) is 3.78. The minimum atomic E-state index is -4.79. The van der Waals surface area contributed by atoms with Gasteiger partial charge >= 0.3 is 6.18 Å². The van der Waals surface area contributed by atoms with Gasteiger partial charge < -0.3 is 9.47 Å². The lowest BCUT2D eigenvalue weighted by Gasteiger charge is -2.29. The van der Waals surface area contributed by atoms with Crippen LogP contribution < -0.4 is 4.90 Å². The molecule has 0 bridgehead atoms. The number of halogens is 3. The Balaban J connectivity index is 1.52.